The first-order valence-corrected chi connectivity index (χ1v) is 6.55. The average molecular weight is 232 g/mol. The molecule has 0 radical (unpaired) electrons. The summed E-state index contributed by atoms with van der Waals surface area (Å²) >= 11 is 1.57. The van der Waals surface area contributed by atoms with Crippen LogP contribution in [0.4, 0.5) is 0 Å². The Labute approximate surface area is 95.3 Å². The smallest absolute Gasteiger partial charge is 0.230 e. The molecule has 15 heavy (non-hydrogen) atoms. The van der Waals surface area contributed by atoms with Crippen LogP contribution in [0.15, 0.2) is 0 Å². The van der Waals surface area contributed by atoms with Crippen molar-refractivity contribution >= 4 is 17.7 Å². The Morgan fingerprint density at radius 3 is 3.13 bits per heavy atom. The minimum atomic E-state index is 0.0798. The minimum Gasteiger partial charge on any atom is -0.376 e. The number of carbonyl (C=O) groups is 1. The molecule has 1 fully saturated rings. The summed E-state index contributed by atoms with van der Waals surface area (Å²) < 4.78 is 5.40. The first-order chi connectivity index (χ1) is 7.18. The summed E-state index contributed by atoms with van der Waals surface area (Å²) in [5, 5.41) is 2.87. The molecule has 0 spiro atoms. The molecule has 5 heteroatoms. The summed E-state index contributed by atoms with van der Waals surface area (Å²) in [6, 6.07) is 0.154. The third-order valence-corrected chi connectivity index (χ3v) is 3.39. The molecule has 1 amide bonds. The fraction of sp³-hybridized carbons (Fsp3) is 0.900. The lowest BCUT2D eigenvalue weighted by Gasteiger charge is -2.10. The number of amides is 1. The van der Waals surface area contributed by atoms with Gasteiger partial charge in [0.15, 0.2) is 0 Å². The van der Waals surface area contributed by atoms with Gasteiger partial charge < -0.3 is 15.8 Å². The molecule has 1 rings (SSSR count). The lowest BCUT2D eigenvalue weighted by atomic mass is 10.2. The third-order valence-electron chi connectivity index (χ3n) is 2.16. The average Bonchev–Trinajstić information content (AvgIpc) is 2.66. The number of rotatable bonds is 6. The van der Waals surface area contributed by atoms with Gasteiger partial charge in [-0.2, -0.15) is 11.8 Å². The number of nitrogens with one attached hydrogen (secondary N) is 1. The fourth-order valence-corrected chi connectivity index (χ4v) is 2.20. The number of thioether (sulfide) groups is 1. The predicted molar refractivity (Wildman–Crippen MR) is 63.0 cm³/mol. The highest BCUT2D eigenvalue weighted by Gasteiger charge is 2.15. The normalized spacial score (nSPS) is 22.7. The van der Waals surface area contributed by atoms with Crippen LogP contribution >= 0.6 is 11.8 Å². The third kappa shape index (κ3) is 6.02. The van der Waals surface area contributed by atoms with Gasteiger partial charge >= 0.3 is 0 Å². The monoisotopic (exact) mass is 232 g/mol. The summed E-state index contributed by atoms with van der Waals surface area (Å²) in [4.78, 5) is 11.4. The standard InChI is InChI=1S/C10H20N2O2S/c1-8(11)6-15-7-10(13)12-5-9-3-2-4-14-9/h8-9H,2-7,11H2,1H3,(H,12,13). The Balaban J connectivity index is 1.98. The van der Waals surface area contributed by atoms with Crippen molar-refractivity contribution < 1.29 is 9.53 Å². The zero-order valence-corrected chi connectivity index (χ0v) is 10.0. The molecule has 0 bridgehead atoms. The zero-order valence-electron chi connectivity index (χ0n) is 9.20. The Morgan fingerprint density at radius 2 is 2.53 bits per heavy atom. The van der Waals surface area contributed by atoms with E-state index in [1.165, 1.54) is 0 Å². The molecule has 1 aliphatic rings. The van der Waals surface area contributed by atoms with Crippen LogP contribution in [0.2, 0.25) is 0 Å². The summed E-state index contributed by atoms with van der Waals surface area (Å²) in [6.45, 7) is 3.43. The van der Waals surface area contributed by atoms with Crippen molar-refractivity contribution in [3.63, 3.8) is 0 Å². The van der Waals surface area contributed by atoms with Gasteiger partial charge in [0, 0.05) is 24.9 Å². The van der Waals surface area contributed by atoms with Gasteiger partial charge in [-0.15, -0.1) is 0 Å². The number of hydrogen-bond acceptors (Lipinski definition) is 4. The van der Waals surface area contributed by atoms with E-state index in [9.17, 15) is 4.79 Å². The molecule has 0 saturated carbocycles. The maximum Gasteiger partial charge on any atom is 0.230 e. The maximum absolute atomic E-state index is 11.4. The van der Waals surface area contributed by atoms with Gasteiger partial charge in [0.25, 0.3) is 0 Å². The highest BCUT2D eigenvalue weighted by Crippen LogP contribution is 2.10. The summed E-state index contributed by atoms with van der Waals surface area (Å²) in [7, 11) is 0. The first kappa shape index (κ1) is 12.8. The molecule has 1 heterocycles. The molecule has 1 aliphatic heterocycles. The lowest BCUT2D eigenvalue weighted by molar-refractivity contribution is -0.119. The fourth-order valence-electron chi connectivity index (χ4n) is 1.42. The van der Waals surface area contributed by atoms with Gasteiger partial charge in [0.2, 0.25) is 5.91 Å². The predicted octanol–water partition coefficient (Wildman–Crippen LogP) is 0.362. The molecule has 4 nitrogen and oxygen atoms in total. The number of hydrogen-bond donors (Lipinski definition) is 2. The van der Waals surface area contributed by atoms with Gasteiger partial charge in [-0.3, -0.25) is 4.79 Å². The molecule has 0 aromatic heterocycles. The van der Waals surface area contributed by atoms with Gasteiger partial charge in [-0.25, -0.2) is 0 Å². The van der Waals surface area contributed by atoms with E-state index in [-0.39, 0.29) is 18.1 Å². The Morgan fingerprint density at radius 1 is 1.73 bits per heavy atom. The van der Waals surface area contributed by atoms with Gasteiger partial charge in [0.1, 0.15) is 0 Å². The molecule has 2 atom stereocenters. The van der Waals surface area contributed by atoms with Crippen LogP contribution in [-0.2, 0) is 9.53 Å². The SMILES string of the molecule is CC(N)CSCC(=O)NCC1CCCO1. The Kier molecular flexibility index (Phi) is 6.05. The molecule has 88 valence electrons. The number of carbonyl (C=O) groups excluding carboxylic acids is 1. The molecule has 0 aromatic rings. The Bertz CT molecular complexity index is 194. The topological polar surface area (TPSA) is 64.4 Å². The van der Waals surface area contributed by atoms with Gasteiger partial charge in [-0.1, -0.05) is 0 Å². The highest BCUT2D eigenvalue weighted by molar-refractivity contribution is 7.99. The van der Waals surface area contributed by atoms with E-state index in [4.69, 9.17) is 10.5 Å². The Hall–Kier alpha value is -0.260. The number of nitrogens with two attached hydrogens (primary N) is 1. The van der Waals surface area contributed by atoms with E-state index in [0.717, 1.165) is 25.2 Å². The van der Waals surface area contributed by atoms with Crippen molar-refractivity contribution in [2.24, 2.45) is 5.73 Å². The quantitative estimate of drug-likeness (QED) is 0.694. The second kappa shape index (κ2) is 7.09. The van der Waals surface area contributed by atoms with Crippen molar-refractivity contribution in [2.45, 2.75) is 31.9 Å². The summed E-state index contributed by atoms with van der Waals surface area (Å²) in [5.41, 5.74) is 5.58. The summed E-state index contributed by atoms with van der Waals surface area (Å²) in [5.74, 6) is 1.40. The van der Waals surface area contributed by atoms with E-state index in [1.54, 1.807) is 11.8 Å². The van der Waals surface area contributed by atoms with Crippen LogP contribution in [0.1, 0.15) is 19.8 Å². The van der Waals surface area contributed by atoms with Crippen molar-refractivity contribution in [3.05, 3.63) is 0 Å². The largest absolute Gasteiger partial charge is 0.376 e. The lowest BCUT2D eigenvalue weighted by Crippen LogP contribution is -2.33. The van der Waals surface area contributed by atoms with Crippen molar-refractivity contribution in [1.82, 2.24) is 5.32 Å². The van der Waals surface area contributed by atoms with Crippen LogP contribution in [0.5, 0.6) is 0 Å². The molecule has 3 N–H and O–H groups in total. The van der Waals surface area contributed by atoms with Crippen LogP contribution in [0, 0.1) is 0 Å². The first-order valence-electron chi connectivity index (χ1n) is 5.40. The minimum absolute atomic E-state index is 0.0798. The molecule has 1 saturated heterocycles. The highest BCUT2D eigenvalue weighted by atomic mass is 32.2. The second-order valence-corrected chi connectivity index (χ2v) is 4.96. The molecule has 2 unspecified atom stereocenters. The van der Waals surface area contributed by atoms with Crippen molar-refractivity contribution in [2.75, 3.05) is 24.7 Å². The van der Waals surface area contributed by atoms with E-state index in [0.29, 0.717) is 12.3 Å². The van der Waals surface area contributed by atoms with Crippen molar-refractivity contribution in [3.8, 4) is 0 Å². The van der Waals surface area contributed by atoms with E-state index in [1.807, 2.05) is 6.92 Å². The number of ether oxygens (including phenoxy) is 1. The summed E-state index contributed by atoms with van der Waals surface area (Å²) in [6.07, 6.45) is 2.40. The van der Waals surface area contributed by atoms with Crippen LogP contribution in [-0.4, -0.2) is 42.7 Å². The second-order valence-electron chi connectivity index (χ2n) is 3.93. The molecule has 0 aliphatic carbocycles. The van der Waals surface area contributed by atoms with E-state index in [2.05, 4.69) is 5.32 Å². The molecular weight excluding hydrogens is 212 g/mol. The molecular formula is C10H20N2O2S. The van der Waals surface area contributed by atoms with Crippen LogP contribution < -0.4 is 11.1 Å². The van der Waals surface area contributed by atoms with Crippen LogP contribution in [0.3, 0.4) is 0 Å². The van der Waals surface area contributed by atoms with Crippen molar-refractivity contribution in [1.29, 1.82) is 0 Å². The maximum atomic E-state index is 11.4. The van der Waals surface area contributed by atoms with E-state index >= 15 is 0 Å². The van der Waals surface area contributed by atoms with Gasteiger partial charge in [-0.05, 0) is 19.8 Å². The van der Waals surface area contributed by atoms with Crippen LogP contribution in [0.25, 0.3) is 0 Å². The van der Waals surface area contributed by atoms with Gasteiger partial charge in [0.05, 0.1) is 11.9 Å². The zero-order chi connectivity index (χ0) is 11.1. The van der Waals surface area contributed by atoms with E-state index < -0.39 is 0 Å². The molecule has 0 aromatic carbocycles.